The molecule has 2 aliphatic rings. The summed E-state index contributed by atoms with van der Waals surface area (Å²) in [5, 5.41) is 21.0. The number of fused-ring (bicyclic) bond motifs is 1. The van der Waals surface area contributed by atoms with Crippen LogP contribution in [0.3, 0.4) is 0 Å². The number of benzene rings is 2. The largest absolute Gasteiger partial charge is 0.502 e. The molecule has 2 heterocycles. The summed E-state index contributed by atoms with van der Waals surface area (Å²) in [6.45, 7) is 0.183. The molecule has 1 fully saturated rings. The SMILES string of the molecule is COc1cc(/C=C2\C(=O)OC[C@@H]2[C@@H](O)c2ccc3c(c2)OCO3)cc(OC)c1O. The summed E-state index contributed by atoms with van der Waals surface area (Å²) in [6, 6.07) is 8.28. The lowest BCUT2D eigenvalue weighted by Crippen LogP contribution is -2.15. The number of phenols is 1. The normalized spacial score (nSPS) is 19.9. The molecule has 2 atom stereocenters. The molecule has 2 aromatic rings. The number of methoxy groups -OCH3 is 2. The van der Waals surface area contributed by atoms with Gasteiger partial charge in [-0.2, -0.15) is 0 Å². The fraction of sp³-hybridized carbons (Fsp3) is 0.286. The van der Waals surface area contributed by atoms with Crippen molar-refractivity contribution in [3.63, 3.8) is 0 Å². The van der Waals surface area contributed by atoms with E-state index in [4.69, 9.17) is 23.7 Å². The number of aliphatic hydroxyl groups is 1. The Morgan fingerprint density at radius 3 is 2.45 bits per heavy atom. The summed E-state index contributed by atoms with van der Waals surface area (Å²) in [7, 11) is 2.84. The van der Waals surface area contributed by atoms with Crippen molar-refractivity contribution < 1.29 is 38.7 Å². The van der Waals surface area contributed by atoms with E-state index in [-0.39, 0.29) is 30.6 Å². The third-order valence-corrected chi connectivity index (χ3v) is 4.97. The third-order valence-electron chi connectivity index (χ3n) is 4.97. The second kappa shape index (κ2) is 7.56. The van der Waals surface area contributed by atoms with Crippen molar-refractivity contribution in [1.29, 1.82) is 0 Å². The molecule has 0 unspecified atom stereocenters. The van der Waals surface area contributed by atoms with Crippen LogP contribution >= 0.6 is 0 Å². The van der Waals surface area contributed by atoms with Crippen LogP contribution in [0.2, 0.25) is 0 Å². The van der Waals surface area contributed by atoms with Crippen LogP contribution in [-0.4, -0.2) is 43.8 Å². The molecule has 29 heavy (non-hydrogen) atoms. The van der Waals surface area contributed by atoms with E-state index in [9.17, 15) is 15.0 Å². The maximum absolute atomic E-state index is 12.3. The van der Waals surface area contributed by atoms with Gasteiger partial charge in [0.05, 0.1) is 26.2 Å². The lowest BCUT2D eigenvalue weighted by molar-refractivity contribution is -0.135. The van der Waals surface area contributed by atoms with Crippen molar-refractivity contribution in [2.75, 3.05) is 27.6 Å². The number of carbonyl (C=O) groups is 1. The van der Waals surface area contributed by atoms with Crippen LogP contribution in [0.1, 0.15) is 17.2 Å². The minimum Gasteiger partial charge on any atom is -0.502 e. The highest BCUT2D eigenvalue weighted by Gasteiger charge is 2.37. The first kappa shape index (κ1) is 18.9. The highest BCUT2D eigenvalue weighted by Crippen LogP contribution is 2.41. The summed E-state index contributed by atoms with van der Waals surface area (Å²) in [5.74, 6) is 0.340. The molecule has 2 N–H and O–H groups in total. The minimum atomic E-state index is -0.983. The van der Waals surface area contributed by atoms with Gasteiger partial charge in [-0.05, 0) is 41.5 Å². The smallest absolute Gasteiger partial charge is 0.334 e. The number of ether oxygens (including phenoxy) is 5. The van der Waals surface area contributed by atoms with E-state index in [1.807, 2.05) is 0 Å². The molecule has 2 aromatic carbocycles. The third kappa shape index (κ3) is 3.42. The Bertz CT molecular complexity index is 956. The molecule has 0 amide bonds. The lowest BCUT2D eigenvalue weighted by Gasteiger charge is -2.18. The van der Waals surface area contributed by atoms with Gasteiger partial charge in [0.15, 0.2) is 23.0 Å². The maximum atomic E-state index is 12.3. The molecular weight excluding hydrogens is 380 g/mol. The van der Waals surface area contributed by atoms with Gasteiger partial charge >= 0.3 is 5.97 Å². The number of cyclic esters (lactones) is 1. The predicted octanol–water partition coefficient (Wildman–Crippen LogP) is 2.43. The molecule has 1 saturated heterocycles. The van der Waals surface area contributed by atoms with E-state index in [1.54, 1.807) is 36.4 Å². The quantitative estimate of drug-likeness (QED) is 0.583. The van der Waals surface area contributed by atoms with Crippen LogP contribution in [0.5, 0.6) is 28.7 Å². The molecule has 4 rings (SSSR count). The number of hydrogen-bond donors (Lipinski definition) is 2. The average Bonchev–Trinajstić information content (AvgIpc) is 3.34. The zero-order chi connectivity index (χ0) is 20.5. The van der Waals surface area contributed by atoms with Gasteiger partial charge < -0.3 is 33.9 Å². The number of rotatable bonds is 5. The molecule has 0 radical (unpaired) electrons. The maximum Gasteiger partial charge on any atom is 0.334 e. The summed E-state index contributed by atoms with van der Waals surface area (Å²) >= 11 is 0. The molecule has 0 aliphatic carbocycles. The second-order valence-electron chi connectivity index (χ2n) is 6.64. The van der Waals surface area contributed by atoms with Crippen molar-refractivity contribution in [1.82, 2.24) is 0 Å². The highest BCUT2D eigenvalue weighted by molar-refractivity contribution is 5.96. The Hall–Kier alpha value is -3.39. The van der Waals surface area contributed by atoms with Crippen molar-refractivity contribution >= 4 is 12.0 Å². The molecule has 0 spiro atoms. The standard InChI is InChI=1S/C21H20O8/c1-25-17-6-11(7-18(26-2)20(17)23)5-13-14(9-27-21(13)24)19(22)12-3-4-15-16(8-12)29-10-28-15/h3-8,14,19,22-23H,9-10H2,1-2H3/b13-5-/t14-,19-/m0/s1. The molecule has 8 heteroatoms. The summed E-state index contributed by atoms with van der Waals surface area (Å²) in [6.07, 6.45) is 0.615. The van der Waals surface area contributed by atoms with Crippen LogP contribution < -0.4 is 18.9 Å². The van der Waals surface area contributed by atoms with E-state index < -0.39 is 18.0 Å². The first-order valence-corrected chi connectivity index (χ1v) is 8.93. The topological polar surface area (TPSA) is 104 Å². The fourth-order valence-corrected chi connectivity index (χ4v) is 3.42. The number of esters is 1. The monoisotopic (exact) mass is 400 g/mol. The molecule has 8 nitrogen and oxygen atoms in total. The van der Waals surface area contributed by atoms with Gasteiger partial charge in [-0.25, -0.2) is 4.79 Å². The van der Waals surface area contributed by atoms with Crippen LogP contribution in [0, 0.1) is 5.92 Å². The van der Waals surface area contributed by atoms with E-state index in [0.717, 1.165) is 0 Å². The Morgan fingerprint density at radius 1 is 1.07 bits per heavy atom. The van der Waals surface area contributed by atoms with Gasteiger partial charge in [0.2, 0.25) is 12.5 Å². The summed E-state index contributed by atoms with van der Waals surface area (Å²) in [5.41, 5.74) is 1.46. The van der Waals surface area contributed by atoms with Crippen molar-refractivity contribution in [3.05, 3.63) is 47.0 Å². The van der Waals surface area contributed by atoms with Gasteiger partial charge in [0.25, 0.3) is 0 Å². The number of aliphatic hydroxyl groups excluding tert-OH is 1. The molecule has 0 bridgehead atoms. The van der Waals surface area contributed by atoms with Crippen LogP contribution in [0.25, 0.3) is 6.08 Å². The molecule has 0 saturated carbocycles. The van der Waals surface area contributed by atoms with E-state index >= 15 is 0 Å². The Kier molecular flexibility index (Phi) is 4.94. The minimum absolute atomic E-state index is 0.0482. The first-order valence-electron chi connectivity index (χ1n) is 8.93. The van der Waals surface area contributed by atoms with E-state index in [1.165, 1.54) is 14.2 Å². The highest BCUT2D eigenvalue weighted by atomic mass is 16.7. The second-order valence-corrected chi connectivity index (χ2v) is 6.64. The van der Waals surface area contributed by atoms with Crippen LogP contribution in [0.4, 0.5) is 0 Å². The molecule has 152 valence electrons. The fourth-order valence-electron chi connectivity index (χ4n) is 3.42. The van der Waals surface area contributed by atoms with Crippen molar-refractivity contribution in [2.45, 2.75) is 6.10 Å². The number of hydrogen-bond acceptors (Lipinski definition) is 8. The van der Waals surface area contributed by atoms with Gasteiger partial charge in [-0.3, -0.25) is 0 Å². The van der Waals surface area contributed by atoms with Crippen LogP contribution in [0.15, 0.2) is 35.9 Å². The Labute approximate surface area is 166 Å². The number of phenolic OH excluding ortho intramolecular Hbond substituents is 1. The number of carbonyl (C=O) groups excluding carboxylic acids is 1. The first-order chi connectivity index (χ1) is 14.0. The number of aromatic hydroxyl groups is 1. The van der Waals surface area contributed by atoms with Crippen molar-refractivity contribution in [3.8, 4) is 28.7 Å². The van der Waals surface area contributed by atoms with Gasteiger partial charge in [-0.15, -0.1) is 0 Å². The van der Waals surface area contributed by atoms with Crippen LogP contribution in [-0.2, 0) is 9.53 Å². The summed E-state index contributed by atoms with van der Waals surface area (Å²) in [4.78, 5) is 12.3. The zero-order valence-electron chi connectivity index (χ0n) is 15.9. The van der Waals surface area contributed by atoms with Crippen molar-refractivity contribution in [2.24, 2.45) is 5.92 Å². The molecular formula is C21H20O8. The van der Waals surface area contributed by atoms with Gasteiger partial charge in [0, 0.05) is 5.57 Å². The zero-order valence-corrected chi connectivity index (χ0v) is 15.9. The van der Waals surface area contributed by atoms with Gasteiger partial charge in [-0.1, -0.05) is 6.07 Å². The Morgan fingerprint density at radius 2 is 1.76 bits per heavy atom. The van der Waals surface area contributed by atoms with E-state index in [0.29, 0.717) is 28.2 Å². The van der Waals surface area contributed by atoms with Gasteiger partial charge in [0.1, 0.15) is 6.61 Å². The predicted molar refractivity (Wildman–Crippen MR) is 101 cm³/mol. The Balaban J connectivity index is 1.68. The lowest BCUT2D eigenvalue weighted by atomic mass is 9.89. The summed E-state index contributed by atoms with van der Waals surface area (Å²) < 4.78 is 26.1. The molecule has 0 aromatic heterocycles. The molecule has 2 aliphatic heterocycles. The average molecular weight is 400 g/mol. The van der Waals surface area contributed by atoms with E-state index in [2.05, 4.69) is 0 Å².